The highest BCUT2D eigenvalue weighted by Crippen LogP contribution is 2.31. The van der Waals surface area contributed by atoms with Gasteiger partial charge < -0.3 is 9.52 Å². The standard InChI is InChI=1S/C12H7BrN4O4/c13-10-4-3-9(21-10)12-14-11(15-16-12)7-5-6(17(19)20)1-2-8(7)18/h1-5,18H,(H,14,15,16). The van der Waals surface area contributed by atoms with E-state index < -0.39 is 4.92 Å². The molecule has 0 saturated heterocycles. The molecule has 106 valence electrons. The quantitative estimate of drug-likeness (QED) is 0.553. The zero-order chi connectivity index (χ0) is 15.0. The Bertz CT molecular complexity index is 826. The molecule has 2 aromatic heterocycles. The Labute approximate surface area is 125 Å². The number of non-ortho nitro benzene ring substituents is 1. The normalized spacial score (nSPS) is 10.7. The van der Waals surface area contributed by atoms with E-state index in [2.05, 4.69) is 31.1 Å². The summed E-state index contributed by atoms with van der Waals surface area (Å²) in [6, 6.07) is 7.02. The van der Waals surface area contributed by atoms with Crippen LogP contribution in [0, 0.1) is 10.1 Å². The van der Waals surface area contributed by atoms with Crippen molar-refractivity contribution in [2.75, 3.05) is 0 Å². The number of H-pyrrole nitrogens is 1. The van der Waals surface area contributed by atoms with Crippen LogP contribution >= 0.6 is 15.9 Å². The first kappa shape index (κ1) is 13.3. The number of nitrogens with zero attached hydrogens (tertiary/aromatic N) is 3. The number of furan rings is 1. The van der Waals surface area contributed by atoms with Crippen LogP contribution in [0.5, 0.6) is 5.75 Å². The number of benzene rings is 1. The topological polar surface area (TPSA) is 118 Å². The first-order chi connectivity index (χ1) is 10.0. The molecule has 0 bridgehead atoms. The van der Waals surface area contributed by atoms with Crippen molar-refractivity contribution in [2.45, 2.75) is 0 Å². The molecule has 3 rings (SSSR count). The summed E-state index contributed by atoms with van der Waals surface area (Å²) in [7, 11) is 0. The average molecular weight is 351 g/mol. The van der Waals surface area contributed by atoms with E-state index in [1.807, 2.05) is 0 Å². The molecule has 0 aliphatic heterocycles. The van der Waals surface area contributed by atoms with E-state index in [1.54, 1.807) is 12.1 Å². The van der Waals surface area contributed by atoms with E-state index in [-0.39, 0.29) is 22.8 Å². The lowest BCUT2D eigenvalue weighted by Gasteiger charge is -1.99. The molecule has 0 atom stereocenters. The number of hydrogen-bond acceptors (Lipinski definition) is 6. The van der Waals surface area contributed by atoms with Crippen molar-refractivity contribution < 1.29 is 14.4 Å². The number of nitro benzene ring substituents is 1. The predicted molar refractivity (Wildman–Crippen MR) is 75.5 cm³/mol. The molecule has 0 aliphatic rings. The maximum absolute atomic E-state index is 10.8. The first-order valence-corrected chi connectivity index (χ1v) is 6.50. The summed E-state index contributed by atoms with van der Waals surface area (Å²) < 4.78 is 5.86. The highest BCUT2D eigenvalue weighted by atomic mass is 79.9. The molecule has 2 heterocycles. The van der Waals surface area contributed by atoms with Crippen LogP contribution in [0.3, 0.4) is 0 Å². The van der Waals surface area contributed by atoms with Crippen molar-refractivity contribution >= 4 is 21.6 Å². The first-order valence-electron chi connectivity index (χ1n) is 5.70. The Hall–Kier alpha value is -2.68. The Kier molecular flexibility index (Phi) is 3.18. The summed E-state index contributed by atoms with van der Waals surface area (Å²) in [6.45, 7) is 0. The Morgan fingerprint density at radius 1 is 1.33 bits per heavy atom. The number of phenols is 1. The molecule has 0 amide bonds. The number of nitrogens with one attached hydrogen (secondary N) is 1. The van der Waals surface area contributed by atoms with Crippen molar-refractivity contribution in [3.8, 4) is 28.7 Å². The van der Waals surface area contributed by atoms with Gasteiger partial charge in [0.05, 0.1) is 10.5 Å². The molecule has 0 saturated carbocycles. The number of aromatic nitrogens is 3. The van der Waals surface area contributed by atoms with E-state index in [0.717, 1.165) is 0 Å². The largest absolute Gasteiger partial charge is 0.507 e. The molecule has 0 radical (unpaired) electrons. The minimum atomic E-state index is -0.555. The van der Waals surface area contributed by atoms with Gasteiger partial charge in [-0.25, -0.2) is 4.98 Å². The van der Waals surface area contributed by atoms with Gasteiger partial charge >= 0.3 is 0 Å². The maximum Gasteiger partial charge on any atom is 0.270 e. The molecule has 21 heavy (non-hydrogen) atoms. The fourth-order valence-corrected chi connectivity index (χ4v) is 2.06. The number of rotatable bonds is 3. The van der Waals surface area contributed by atoms with Gasteiger partial charge in [0.1, 0.15) is 5.75 Å². The van der Waals surface area contributed by atoms with E-state index in [0.29, 0.717) is 16.3 Å². The zero-order valence-corrected chi connectivity index (χ0v) is 11.9. The molecular weight excluding hydrogens is 344 g/mol. The van der Waals surface area contributed by atoms with Gasteiger partial charge in [-0.3, -0.25) is 15.2 Å². The van der Waals surface area contributed by atoms with Crippen LogP contribution in [-0.4, -0.2) is 25.2 Å². The van der Waals surface area contributed by atoms with Gasteiger partial charge in [-0.2, -0.15) is 5.10 Å². The van der Waals surface area contributed by atoms with Gasteiger partial charge in [-0.15, -0.1) is 0 Å². The lowest BCUT2D eigenvalue weighted by Crippen LogP contribution is -1.89. The summed E-state index contributed by atoms with van der Waals surface area (Å²) in [5.74, 6) is 0.789. The average Bonchev–Trinajstić information content (AvgIpc) is 3.07. The fourth-order valence-electron chi connectivity index (χ4n) is 1.75. The third-order valence-electron chi connectivity index (χ3n) is 2.72. The van der Waals surface area contributed by atoms with E-state index in [9.17, 15) is 15.2 Å². The Morgan fingerprint density at radius 3 is 2.81 bits per heavy atom. The van der Waals surface area contributed by atoms with Crippen LogP contribution in [0.25, 0.3) is 23.0 Å². The van der Waals surface area contributed by atoms with Crippen LogP contribution < -0.4 is 0 Å². The lowest BCUT2D eigenvalue weighted by atomic mass is 10.1. The monoisotopic (exact) mass is 350 g/mol. The Morgan fingerprint density at radius 2 is 2.14 bits per heavy atom. The highest BCUT2D eigenvalue weighted by molar-refractivity contribution is 9.10. The molecule has 0 spiro atoms. The maximum atomic E-state index is 10.8. The van der Waals surface area contributed by atoms with E-state index in [1.165, 1.54) is 18.2 Å². The fraction of sp³-hybridized carbons (Fsp3) is 0. The van der Waals surface area contributed by atoms with Crippen molar-refractivity contribution in [1.82, 2.24) is 15.2 Å². The van der Waals surface area contributed by atoms with Gasteiger partial charge in [0.25, 0.3) is 5.69 Å². The summed E-state index contributed by atoms with van der Waals surface area (Å²) in [6.07, 6.45) is 0. The second kappa shape index (κ2) is 5.02. The van der Waals surface area contributed by atoms with Crippen molar-refractivity contribution in [3.63, 3.8) is 0 Å². The smallest absolute Gasteiger partial charge is 0.270 e. The number of nitro groups is 1. The molecule has 3 aromatic rings. The molecular formula is C12H7BrN4O4. The predicted octanol–water partition coefficient (Wildman–Crippen LogP) is 3.11. The van der Waals surface area contributed by atoms with Crippen LogP contribution in [0.15, 0.2) is 39.4 Å². The minimum Gasteiger partial charge on any atom is -0.507 e. The summed E-state index contributed by atoms with van der Waals surface area (Å²) in [5.41, 5.74) is 0.00668. The van der Waals surface area contributed by atoms with Crippen molar-refractivity contribution in [3.05, 3.63) is 45.1 Å². The van der Waals surface area contributed by atoms with Gasteiger partial charge in [-0.1, -0.05) is 0 Å². The number of halogens is 1. The molecule has 0 fully saturated rings. The second-order valence-corrected chi connectivity index (χ2v) is 4.85. The molecule has 2 N–H and O–H groups in total. The minimum absolute atomic E-state index is 0.138. The molecule has 9 heteroatoms. The van der Waals surface area contributed by atoms with Gasteiger partial charge in [0.2, 0.25) is 0 Å². The molecule has 0 unspecified atom stereocenters. The number of phenolic OH excluding ortho intramolecular Hbond substituents is 1. The van der Waals surface area contributed by atoms with E-state index >= 15 is 0 Å². The molecule has 1 aromatic carbocycles. The number of aromatic amines is 1. The van der Waals surface area contributed by atoms with Crippen LogP contribution in [0.1, 0.15) is 0 Å². The third kappa shape index (κ3) is 2.50. The van der Waals surface area contributed by atoms with Gasteiger partial charge in [-0.05, 0) is 34.1 Å². The highest BCUT2D eigenvalue weighted by Gasteiger charge is 2.17. The van der Waals surface area contributed by atoms with Crippen molar-refractivity contribution in [2.24, 2.45) is 0 Å². The van der Waals surface area contributed by atoms with Crippen LogP contribution in [0.2, 0.25) is 0 Å². The Balaban J connectivity index is 2.03. The van der Waals surface area contributed by atoms with E-state index in [4.69, 9.17) is 4.42 Å². The van der Waals surface area contributed by atoms with Gasteiger partial charge in [0, 0.05) is 12.1 Å². The summed E-state index contributed by atoms with van der Waals surface area (Å²) >= 11 is 3.17. The summed E-state index contributed by atoms with van der Waals surface area (Å²) in [5, 5.41) is 27.2. The lowest BCUT2D eigenvalue weighted by molar-refractivity contribution is -0.384. The zero-order valence-electron chi connectivity index (χ0n) is 10.3. The molecule has 8 nitrogen and oxygen atoms in total. The third-order valence-corrected chi connectivity index (χ3v) is 3.15. The second-order valence-electron chi connectivity index (χ2n) is 4.07. The SMILES string of the molecule is O=[N+]([O-])c1ccc(O)c(-c2n[nH]c(-c3ccc(Br)o3)n2)c1. The molecule has 0 aliphatic carbocycles. The number of hydrogen-bond donors (Lipinski definition) is 2. The van der Waals surface area contributed by atoms with Crippen LogP contribution in [0.4, 0.5) is 5.69 Å². The summed E-state index contributed by atoms with van der Waals surface area (Å²) in [4.78, 5) is 14.4. The number of aromatic hydroxyl groups is 1. The van der Waals surface area contributed by atoms with Crippen molar-refractivity contribution in [1.29, 1.82) is 0 Å². The van der Waals surface area contributed by atoms with Crippen LogP contribution in [-0.2, 0) is 0 Å². The van der Waals surface area contributed by atoms with Gasteiger partial charge in [0.15, 0.2) is 22.1 Å².